The summed E-state index contributed by atoms with van der Waals surface area (Å²) < 4.78 is 10.7. The summed E-state index contributed by atoms with van der Waals surface area (Å²) in [4.78, 5) is 14.5. The number of amides is 1. The van der Waals surface area contributed by atoms with Crippen LogP contribution in [-0.4, -0.2) is 30.7 Å². The second-order valence-electron chi connectivity index (χ2n) is 6.32. The van der Waals surface area contributed by atoms with Crippen molar-refractivity contribution in [1.29, 1.82) is 0 Å². The molecule has 0 spiro atoms. The maximum Gasteiger partial charge on any atom is 0.241 e. The molecule has 1 N–H and O–H groups in total. The van der Waals surface area contributed by atoms with Gasteiger partial charge in [-0.2, -0.15) is 0 Å². The number of benzene rings is 2. The summed E-state index contributed by atoms with van der Waals surface area (Å²) in [6.07, 6.45) is 0.989. The molecule has 5 nitrogen and oxygen atoms in total. The summed E-state index contributed by atoms with van der Waals surface area (Å²) in [5.41, 5.74) is 3.16. The first-order chi connectivity index (χ1) is 12.1. The van der Waals surface area contributed by atoms with Crippen molar-refractivity contribution in [3.05, 3.63) is 53.6 Å². The van der Waals surface area contributed by atoms with Crippen molar-refractivity contribution < 1.29 is 14.3 Å². The van der Waals surface area contributed by atoms with Gasteiger partial charge in [-0.25, -0.2) is 0 Å². The van der Waals surface area contributed by atoms with Gasteiger partial charge in [0.2, 0.25) is 12.7 Å². The number of likely N-dealkylation sites (N-methyl/N-ethyl adjacent to an activating group) is 1. The van der Waals surface area contributed by atoms with E-state index in [4.69, 9.17) is 9.47 Å². The first kappa shape index (κ1) is 17.3. The number of carbonyl (C=O) groups is 1. The van der Waals surface area contributed by atoms with Gasteiger partial charge < -0.3 is 14.8 Å². The fourth-order valence-corrected chi connectivity index (χ4v) is 2.73. The van der Waals surface area contributed by atoms with Crippen LogP contribution in [-0.2, 0) is 17.8 Å². The van der Waals surface area contributed by atoms with Gasteiger partial charge in [0.05, 0.1) is 6.04 Å². The van der Waals surface area contributed by atoms with E-state index < -0.39 is 0 Å². The van der Waals surface area contributed by atoms with Gasteiger partial charge in [0, 0.05) is 12.2 Å². The number of fused-ring (bicyclic) bond motifs is 1. The molecule has 1 aliphatic rings. The van der Waals surface area contributed by atoms with Crippen molar-refractivity contribution in [1.82, 2.24) is 4.90 Å². The molecule has 0 saturated carbocycles. The van der Waals surface area contributed by atoms with Gasteiger partial charge in [0.15, 0.2) is 11.5 Å². The number of hydrogen-bond acceptors (Lipinski definition) is 4. The molecule has 0 radical (unpaired) electrons. The van der Waals surface area contributed by atoms with E-state index >= 15 is 0 Å². The van der Waals surface area contributed by atoms with Crippen LogP contribution in [0.3, 0.4) is 0 Å². The van der Waals surface area contributed by atoms with Gasteiger partial charge in [-0.15, -0.1) is 0 Å². The molecule has 1 amide bonds. The van der Waals surface area contributed by atoms with Crippen LogP contribution in [0.5, 0.6) is 11.5 Å². The zero-order valence-corrected chi connectivity index (χ0v) is 14.9. The fraction of sp³-hybridized carbons (Fsp3) is 0.350. The monoisotopic (exact) mass is 340 g/mol. The van der Waals surface area contributed by atoms with Crippen LogP contribution in [0, 0.1) is 0 Å². The van der Waals surface area contributed by atoms with Gasteiger partial charge in [0.25, 0.3) is 0 Å². The van der Waals surface area contributed by atoms with Crippen LogP contribution in [0.15, 0.2) is 42.5 Å². The van der Waals surface area contributed by atoms with Crippen LogP contribution >= 0.6 is 0 Å². The Kier molecular flexibility index (Phi) is 5.24. The largest absolute Gasteiger partial charge is 0.454 e. The minimum atomic E-state index is -0.253. The maximum absolute atomic E-state index is 12.5. The molecule has 5 heteroatoms. The summed E-state index contributed by atoms with van der Waals surface area (Å²) in [7, 11) is 1.94. The zero-order chi connectivity index (χ0) is 17.8. The van der Waals surface area contributed by atoms with Crippen molar-refractivity contribution >= 4 is 11.6 Å². The Morgan fingerprint density at radius 1 is 1.12 bits per heavy atom. The quantitative estimate of drug-likeness (QED) is 0.875. The lowest BCUT2D eigenvalue weighted by Gasteiger charge is -2.24. The van der Waals surface area contributed by atoms with Crippen LogP contribution in [0.2, 0.25) is 0 Å². The molecule has 0 aliphatic carbocycles. The maximum atomic E-state index is 12.5. The lowest BCUT2D eigenvalue weighted by atomic mass is 10.1. The highest BCUT2D eigenvalue weighted by Gasteiger charge is 2.20. The molecule has 2 aromatic carbocycles. The van der Waals surface area contributed by atoms with E-state index in [0.717, 1.165) is 29.2 Å². The first-order valence-corrected chi connectivity index (χ1v) is 8.55. The second-order valence-corrected chi connectivity index (χ2v) is 6.32. The molecule has 1 aliphatic heterocycles. The van der Waals surface area contributed by atoms with Crippen molar-refractivity contribution in [2.24, 2.45) is 0 Å². The van der Waals surface area contributed by atoms with Gasteiger partial charge >= 0.3 is 0 Å². The Balaban J connectivity index is 1.59. The number of hydrogen-bond donors (Lipinski definition) is 1. The van der Waals surface area contributed by atoms with E-state index in [0.29, 0.717) is 6.54 Å². The average molecular weight is 340 g/mol. The third-order valence-corrected chi connectivity index (χ3v) is 4.54. The van der Waals surface area contributed by atoms with E-state index in [9.17, 15) is 4.79 Å². The van der Waals surface area contributed by atoms with Crippen molar-refractivity contribution in [3.63, 3.8) is 0 Å². The van der Waals surface area contributed by atoms with E-state index in [2.05, 4.69) is 12.2 Å². The molecule has 3 rings (SSSR count). The van der Waals surface area contributed by atoms with Crippen molar-refractivity contribution in [2.45, 2.75) is 32.9 Å². The van der Waals surface area contributed by atoms with E-state index in [1.807, 2.05) is 61.3 Å². The summed E-state index contributed by atoms with van der Waals surface area (Å²) in [5, 5.41) is 2.98. The highest BCUT2D eigenvalue weighted by Crippen LogP contribution is 2.32. The standard InChI is InChI=1S/C20H24N2O3/c1-4-15-5-8-17(9-6-15)21-20(23)14(2)22(3)12-16-7-10-18-19(11-16)25-13-24-18/h5-11,14H,4,12-13H2,1-3H3,(H,21,23). The van der Waals surface area contributed by atoms with E-state index in [1.165, 1.54) is 5.56 Å². The molecular formula is C20H24N2O3. The number of aryl methyl sites for hydroxylation is 1. The Labute approximate surface area is 148 Å². The average Bonchev–Trinajstić information content (AvgIpc) is 3.09. The number of ether oxygens (including phenoxy) is 2. The lowest BCUT2D eigenvalue weighted by Crippen LogP contribution is -2.39. The first-order valence-electron chi connectivity index (χ1n) is 8.55. The third kappa shape index (κ3) is 4.12. The van der Waals surface area contributed by atoms with E-state index in [-0.39, 0.29) is 18.7 Å². The van der Waals surface area contributed by atoms with Gasteiger partial charge in [-0.1, -0.05) is 25.1 Å². The lowest BCUT2D eigenvalue weighted by molar-refractivity contribution is -0.120. The summed E-state index contributed by atoms with van der Waals surface area (Å²) in [5.74, 6) is 1.51. The zero-order valence-electron chi connectivity index (χ0n) is 14.9. The van der Waals surface area contributed by atoms with Crippen LogP contribution in [0.1, 0.15) is 25.0 Å². The molecule has 0 bridgehead atoms. The molecule has 1 atom stereocenters. The molecule has 1 unspecified atom stereocenters. The van der Waals surface area contributed by atoms with Gasteiger partial charge in [0.1, 0.15) is 0 Å². The Morgan fingerprint density at radius 3 is 2.52 bits per heavy atom. The Hall–Kier alpha value is -2.53. The fourth-order valence-electron chi connectivity index (χ4n) is 2.73. The second kappa shape index (κ2) is 7.57. The van der Waals surface area contributed by atoms with Crippen LogP contribution in [0.4, 0.5) is 5.69 Å². The number of rotatable bonds is 6. The van der Waals surface area contributed by atoms with Crippen LogP contribution < -0.4 is 14.8 Å². The Bertz CT molecular complexity index is 743. The molecule has 25 heavy (non-hydrogen) atoms. The molecular weight excluding hydrogens is 316 g/mol. The highest BCUT2D eigenvalue weighted by atomic mass is 16.7. The Morgan fingerprint density at radius 2 is 1.80 bits per heavy atom. The summed E-state index contributed by atoms with van der Waals surface area (Å²) in [6, 6.07) is 13.6. The third-order valence-electron chi connectivity index (χ3n) is 4.54. The van der Waals surface area contributed by atoms with Crippen molar-refractivity contribution in [2.75, 3.05) is 19.2 Å². The molecule has 1 heterocycles. The SMILES string of the molecule is CCc1ccc(NC(=O)C(C)N(C)Cc2ccc3c(c2)OCO3)cc1. The number of carbonyl (C=O) groups excluding carboxylic acids is 1. The normalized spacial score (nSPS) is 13.8. The van der Waals surface area contributed by atoms with Crippen molar-refractivity contribution in [3.8, 4) is 11.5 Å². The molecule has 0 fully saturated rings. The summed E-state index contributed by atoms with van der Waals surface area (Å²) in [6.45, 7) is 4.94. The topological polar surface area (TPSA) is 50.8 Å². The smallest absolute Gasteiger partial charge is 0.241 e. The predicted molar refractivity (Wildman–Crippen MR) is 97.9 cm³/mol. The molecule has 0 aromatic heterocycles. The highest BCUT2D eigenvalue weighted by molar-refractivity contribution is 5.94. The molecule has 132 valence electrons. The van der Waals surface area contributed by atoms with E-state index in [1.54, 1.807) is 0 Å². The van der Waals surface area contributed by atoms with Crippen LogP contribution in [0.25, 0.3) is 0 Å². The predicted octanol–water partition coefficient (Wildman–Crippen LogP) is 3.44. The minimum absolute atomic E-state index is 0.0208. The molecule has 2 aromatic rings. The number of nitrogens with zero attached hydrogens (tertiary/aromatic N) is 1. The number of nitrogens with one attached hydrogen (secondary N) is 1. The molecule has 0 saturated heterocycles. The number of anilines is 1. The summed E-state index contributed by atoms with van der Waals surface area (Å²) >= 11 is 0. The minimum Gasteiger partial charge on any atom is -0.454 e. The van der Waals surface area contributed by atoms with Gasteiger partial charge in [-0.05, 0) is 55.8 Å². The van der Waals surface area contributed by atoms with Gasteiger partial charge in [-0.3, -0.25) is 9.69 Å².